The molecule has 0 radical (unpaired) electrons. The molecular weight excluding hydrogens is 1130 g/mol. The molecule has 10 N–H and O–H groups in total. The Kier molecular flexibility index (Phi) is 17.0. The van der Waals surface area contributed by atoms with Gasteiger partial charge in [-0.15, -0.1) is 0 Å². The Bertz CT molecular complexity index is 4040. The van der Waals surface area contributed by atoms with Crippen molar-refractivity contribution in [3.05, 3.63) is 106 Å². The number of anilines is 2. The lowest BCUT2D eigenvalue weighted by Crippen LogP contribution is -2.34. The van der Waals surface area contributed by atoms with E-state index >= 15 is 0 Å². The third-order valence-electron chi connectivity index (χ3n) is 10.4. The molecule has 0 saturated carbocycles. The van der Waals surface area contributed by atoms with Crippen molar-refractivity contribution in [3.63, 3.8) is 0 Å². The van der Waals surface area contributed by atoms with Crippen molar-refractivity contribution in [1.82, 2.24) is 29.9 Å². The average Bonchev–Trinajstić information content (AvgIpc) is 3.30. The quantitative estimate of drug-likeness (QED) is 0.0435. The fraction of sp³-hybridized carbons (Fsp3) is 0.200. The lowest BCUT2D eigenvalue weighted by Gasteiger charge is -2.18. The SMILES string of the molecule is CCN(CC)c1nc(=Nc2ccc(/C=C/c3ccc(N=c4nc(N(CC)CC)[nH]c(=Nc5ccc(S(=O)(=O)O)cc5S(=O)(=O)O)[nH]4)cc3S(=O)(=O)O)c(S(=O)(=O)O)c2)[nH]c(=Nc2ccc(S(=O)(=O)O)cc2S(=O)(=O)O)[nH]1. The maximum atomic E-state index is 12.8. The van der Waals surface area contributed by atoms with Gasteiger partial charge in [0, 0.05) is 26.2 Å². The van der Waals surface area contributed by atoms with E-state index in [1.807, 2.05) is 0 Å². The van der Waals surface area contributed by atoms with Crippen LogP contribution in [0.5, 0.6) is 0 Å². The summed E-state index contributed by atoms with van der Waals surface area (Å²) in [6.45, 7) is 8.42. The minimum atomic E-state index is -5.15. The molecule has 30 nitrogen and oxygen atoms in total. The molecule has 0 unspecified atom stereocenters. The zero-order chi connectivity index (χ0) is 56.3. The zero-order valence-electron chi connectivity index (χ0n) is 39.5. The first-order valence-corrected chi connectivity index (χ1v) is 30.0. The summed E-state index contributed by atoms with van der Waals surface area (Å²) < 4.78 is 206. The molecule has 0 amide bonds. The van der Waals surface area contributed by atoms with Gasteiger partial charge in [-0.1, -0.05) is 24.3 Å². The summed E-state index contributed by atoms with van der Waals surface area (Å²) in [6, 6.07) is 11.0. The van der Waals surface area contributed by atoms with E-state index in [0.29, 0.717) is 38.3 Å². The van der Waals surface area contributed by atoms with Gasteiger partial charge in [0.15, 0.2) is 0 Å². The Morgan fingerprint density at radius 1 is 0.421 bits per heavy atom. The van der Waals surface area contributed by atoms with Gasteiger partial charge in [0.25, 0.3) is 60.7 Å². The third-order valence-corrected chi connectivity index (χ3v) is 15.7. The fourth-order valence-electron chi connectivity index (χ4n) is 6.84. The Hall–Kier alpha value is -7.10. The van der Waals surface area contributed by atoms with Crippen LogP contribution in [-0.4, -0.2) is 134 Å². The second kappa shape index (κ2) is 22.2. The van der Waals surface area contributed by atoms with Gasteiger partial charge in [-0.05, 0) is 99.5 Å². The number of nitrogens with zero attached hydrogens (tertiary/aromatic N) is 8. The molecule has 36 heteroatoms. The summed E-state index contributed by atoms with van der Waals surface area (Å²) in [7, 11) is -30.3. The molecule has 0 atom stereocenters. The highest BCUT2D eigenvalue weighted by Crippen LogP contribution is 2.30. The van der Waals surface area contributed by atoms with E-state index in [2.05, 4.69) is 49.9 Å². The topological polar surface area (TPSA) is 471 Å². The fourth-order valence-corrected chi connectivity index (χ4v) is 10.7. The lowest BCUT2D eigenvalue weighted by atomic mass is 10.1. The van der Waals surface area contributed by atoms with Gasteiger partial charge < -0.3 is 9.80 Å². The molecule has 408 valence electrons. The van der Waals surface area contributed by atoms with E-state index < -0.39 is 101 Å². The molecule has 6 aromatic rings. The van der Waals surface area contributed by atoms with Gasteiger partial charge in [0.2, 0.25) is 34.4 Å². The van der Waals surface area contributed by atoms with Crippen LogP contribution in [0.1, 0.15) is 38.8 Å². The number of aromatic nitrogens is 6. The lowest BCUT2D eigenvalue weighted by molar-refractivity contribution is 0.476. The summed E-state index contributed by atoms with van der Waals surface area (Å²) in [5.41, 5.74) is -3.01. The van der Waals surface area contributed by atoms with Crippen LogP contribution in [0.3, 0.4) is 0 Å². The van der Waals surface area contributed by atoms with Crippen LogP contribution in [-0.2, 0) is 60.7 Å². The highest BCUT2D eigenvalue weighted by Gasteiger charge is 2.23. The second-order valence-corrected chi connectivity index (χ2v) is 23.8. The Morgan fingerprint density at radius 2 is 0.750 bits per heavy atom. The maximum absolute atomic E-state index is 12.8. The highest BCUT2D eigenvalue weighted by atomic mass is 32.2. The number of hydrogen-bond acceptors (Lipinski definition) is 20. The summed E-state index contributed by atoms with van der Waals surface area (Å²) >= 11 is 0. The van der Waals surface area contributed by atoms with Crippen molar-refractivity contribution >= 4 is 108 Å². The third kappa shape index (κ3) is 14.4. The summed E-state index contributed by atoms with van der Waals surface area (Å²) in [4.78, 5) is 34.6. The first kappa shape index (κ1) is 58.2. The molecule has 2 aromatic heterocycles. The standard InChI is InChI=1S/C40H44N12O18S6/c1-5-51(6-2)39-47-35(45-37(49-39)43-29-17-15-27(71(53,54)55)21-33(29)75(65,66)67)41-25-13-11-23(31(19-25)73(59,60)61)9-10-24-12-14-26(20-32(24)74(62,63)64)42-36-46-38(50-40(48-36)52(7-3)8-4)44-30-18-16-28(72(56,57)58)22-34(30)76(68,69)70/h9-22H,5-8H2,1-4H3,(H,53,54,55)(H,56,57,58)(H,59,60,61)(H,62,63,64)(H,65,66,67)(H,68,69,70)(H2,41,43,45,47,49)(H2,42,44,46,48,50)/b10-9+. The summed E-state index contributed by atoms with van der Waals surface area (Å²) in [5, 5.41) is 0. The monoisotopic (exact) mass is 1170 g/mol. The molecule has 6 rings (SSSR count). The van der Waals surface area contributed by atoms with Gasteiger partial charge in [-0.3, -0.25) is 47.3 Å². The molecule has 76 heavy (non-hydrogen) atoms. The van der Waals surface area contributed by atoms with Crippen LogP contribution >= 0.6 is 0 Å². The van der Waals surface area contributed by atoms with Crippen LogP contribution < -0.4 is 32.3 Å². The predicted octanol–water partition coefficient (Wildman–Crippen LogP) is 2.06. The van der Waals surface area contributed by atoms with Crippen molar-refractivity contribution in [2.75, 3.05) is 36.0 Å². The average molecular weight is 1170 g/mol. The minimum Gasteiger partial charge on any atom is -0.343 e. The zero-order valence-corrected chi connectivity index (χ0v) is 44.4. The molecule has 0 fully saturated rings. The van der Waals surface area contributed by atoms with Gasteiger partial charge in [0.1, 0.15) is 19.6 Å². The second-order valence-electron chi connectivity index (χ2n) is 15.4. The van der Waals surface area contributed by atoms with Crippen LogP contribution in [0.4, 0.5) is 34.6 Å². The van der Waals surface area contributed by atoms with E-state index in [1.165, 1.54) is 24.3 Å². The molecule has 0 saturated heterocycles. The molecule has 0 bridgehead atoms. The number of benzene rings is 4. The van der Waals surface area contributed by atoms with Gasteiger partial charge >= 0.3 is 0 Å². The highest BCUT2D eigenvalue weighted by molar-refractivity contribution is 7.87. The van der Waals surface area contributed by atoms with E-state index in [4.69, 9.17) is 0 Å². The summed E-state index contributed by atoms with van der Waals surface area (Å²) in [6.07, 6.45) is 2.17. The van der Waals surface area contributed by atoms with E-state index in [9.17, 15) is 77.8 Å². The molecule has 0 spiro atoms. The molecule has 2 heterocycles. The minimum absolute atomic E-state index is 0.0784. The van der Waals surface area contributed by atoms with Crippen molar-refractivity contribution < 1.29 is 77.8 Å². The number of H-pyrrole nitrogens is 4. The van der Waals surface area contributed by atoms with Gasteiger partial charge in [-0.25, -0.2) is 20.0 Å². The molecule has 0 aliphatic heterocycles. The van der Waals surface area contributed by atoms with Crippen molar-refractivity contribution in [2.24, 2.45) is 20.0 Å². The van der Waals surface area contributed by atoms with E-state index in [-0.39, 0.29) is 56.9 Å². The number of aromatic amines is 4. The Balaban J connectivity index is 1.46. The number of hydrogen-bond donors (Lipinski definition) is 10. The van der Waals surface area contributed by atoms with Crippen LogP contribution in [0.15, 0.2) is 122 Å². The number of nitrogens with one attached hydrogen (secondary N) is 4. The number of rotatable bonds is 18. The van der Waals surface area contributed by atoms with Crippen molar-refractivity contribution in [1.29, 1.82) is 0 Å². The van der Waals surface area contributed by atoms with Crippen molar-refractivity contribution in [3.8, 4) is 0 Å². The van der Waals surface area contributed by atoms with Gasteiger partial charge in [0.05, 0.1) is 32.5 Å². The van der Waals surface area contributed by atoms with Crippen LogP contribution in [0, 0.1) is 0 Å². The van der Waals surface area contributed by atoms with E-state index in [0.717, 1.165) is 48.6 Å². The van der Waals surface area contributed by atoms with Crippen LogP contribution in [0.2, 0.25) is 0 Å². The largest absolute Gasteiger partial charge is 0.343 e. The Labute approximate surface area is 432 Å². The first-order chi connectivity index (χ1) is 35.2. The van der Waals surface area contributed by atoms with Gasteiger partial charge in [-0.2, -0.15) is 60.5 Å². The molecule has 0 aliphatic rings. The predicted molar refractivity (Wildman–Crippen MR) is 267 cm³/mol. The normalized spacial score (nSPS) is 14.0. The van der Waals surface area contributed by atoms with Crippen molar-refractivity contribution in [2.45, 2.75) is 57.1 Å². The van der Waals surface area contributed by atoms with E-state index in [1.54, 1.807) is 37.5 Å². The molecular formula is C40H44N12O18S6. The summed E-state index contributed by atoms with van der Waals surface area (Å²) in [5.74, 6) is 0.157. The smallest absolute Gasteiger partial charge is 0.296 e. The van der Waals surface area contributed by atoms with Crippen LogP contribution in [0.25, 0.3) is 12.2 Å². The Morgan fingerprint density at radius 3 is 1.04 bits per heavy atom. The maximum Gasteiger partial charge on any atom is 0.296 e. The molecule has 0 aliphatic carbocycles. The molecule has 4 aromatic carbocycles. The first-order valence-electron chi connectivity index (χ1n) is 21.4.